The van der Waals surface area contributed by atoms with Gasteiger partial charge in [0.25, 0.3) is 0 Å². The van der Waals surface area contributed by atoms with Crippen molar-refractivity contribution in [2.75, 3.05) is 0 Å². The van der Waals surface area contributed by atoms with Crippen LogP contribution in [0.3, 0.4) is 0 Å². The average Bonchev–Trinajstić information content (AvgIpc) is 3.34. The van der Waals surface area contributed by atoms with Crippen molar-refractivity contribution in [3.8, 4) is 22.5 Å². The SMILES string of the molecule is CCCCc1nc(C)nc(C=O)c1Cc1ccc(-c2ccccc2-c2nn[nH]n2)cc1. The van der Waals surface area contributed by atoms with Crippen LogP contribution in [-0.4, -0.2) is 36.9 Å². The van der Waals surface area contributed by atoms with Gasteiger partial charge in [-0.25, -0.2) is 9.97 Å². The normalized spacial score (nSPS) is 10.9. The zero-order valence-corrected chi connectivity index (χ0v) is 17.7. The largest absolute Gasteiger partial charge is 0.296 e. The molecule has 7 heteroatoms. The van der Waals surface area contributed by atoms with Crippen molar-refractivity contribution in [3.63, 3.8) is 0 Å². The molecule has 7 nitrogen and oxygen atoms in total. The highest BCUT2D eigenvalue weighted by atomic mass is 16.1. The predicted octanol–water partition coefficient (Wildman–Crippen LogP) is 4.38. The summed E-state index contributed by atoms with van der Waals surface area (Å²) in [7, 11) is 0. The van der Waals surface area contributed by atoms with Crippen LogP contribution in [0.25, 0.3) is 22.5 Å². The maximum absolute atomic E-state index is 11.7. The molecule has 0 spiro atoms. The molecule has 0 unspecified atom stereocenters. The minimum atomic E-state index is 0.491. The maximum atomic E-state index is 11.7. The van der Waals surface area contributed by atoms with Crippen molar-refractivity contribution in [3.05, 3.63) is 76.9 Å². The zero-order chi connectivity index (χ0) is 21.6. The zero-order valence-electron chi connectivity index (χ0n) is 17.7. The van der Waals surface area contributed by atoms with Crippen molar-refractivity contribution in [1.82, 2.24) is 30.6 Å². The molecule has 2 heterocycles. The molecule has 0 bridgehead atoms. The molecule has 4 rings (SSSR count). The van der Waals surface area contributed by atoms with Crippen LogP contribution in [0, 0.1) is 6.92 Å². The molecule has 0 atom stereocenters. The van der Waals surface area contributed by atoms with E-state index in [-0.39, 0.29) is 0 Å². The van der Waals surface area contributed by atoms with Gasteiger partial charge in [-0.1, -0.05) is 61.9 Å². The van der Waals surface area contributed by atoms with Gasteiger partial charge in [0.2, 0.25) is 5.82 Å². The van der Waals surface area contributed by atoms with Gasteiger partial charge in [-0.3, -0.25) is 4.79 Å². The molecule has 0 saturated carbocycles. The summed E-state index contributed by atoms with van der Waals surface area (Å²) in [5.41, 5.74) is 6.51. The fourth-order valence-electron chi connectivity index (χ4n) is 3.73. The highest BCUT2D eigenvalue weighted by Crippen LogP contribution is 2.30. The Hall–Kier alpha value is -3.74. The molecular formula is C24H24N6O. The number of hydrogen-bond donors (Lipinski definition) is 1. The molecule has 0 saturated heterocycles. The Balaban J connectivity index is 1.65. The summed E-state index contributed by atoms with van der Waals surface area (Å²) in [6.07, 6.45) is 4.43. The van der Waals surface area contributed by atoms with Crippen LogP contribution < -0.4 is 0 Å². The van der Waals surface area contributed by atoms with Crippen molar-refractivity contribution < 1.29 is 4.79 Å². The lowest BCUT2D eigenvalue weighted by molar-refractivity contribution is 0.111. The summed E-state index contributed by atoms with van der Waals surface area (Å²) >= 11 is 0. The van der Waals surface area contributed by atoms with E-state index in [9.17, 15) is 4.79 Å². The summed E-state index contributed by atoms with van der Waals surface area (Å²) in [5.74, 6) is 1.21. The molecular weight excluding hydrogens is 388 g/mol. The number of carbonyl (C=O) groups is 1. The lowest BCUT2D eigenvalue weighted by Crippen LogP contribution is -2.09. The molecule has 4 aromatic rings. The average molecular weight is 412 g/mol. The highest BCUT2D eigenvalue weighted by molar-refractivity contribution is 5.80. The van der Waals surface area contributed by atoms with Gasteiger partial charge >= 0.3 is 0 Å². The van der Waals surface area contributed by atoms with Gasteiger partial charge in [-0.15, -0.1) is 10.2 Å². The molecule has 0 aliphatic carbocycles. The summed E-state index contributed by atoms with van der Waals surface area (Å²) in [4.78, 5) is 20.7. The summed E-state index contributed by atoms with van der Waals surface area (Å²) in [5, 5.41) is 14.4. The number of benzene rings is 2. The van der Waals surface area contributed by atoms with Crippen molar-refractivity contribution in [2.45, 2.75) is 39.5 Å². The third kappa shape index (κ3) is 4.55. The number of nitrogens with zero attached hydrogens (tertiary/aromatic N) is 5. The fraction of sp³-hybridized carbons (Fsp3) is 0.250. The minimum Gasteiger partial charge on any atom is -0.296 e. The van der Waals surface area contributed by atoms with Gasteiger partial charge in [0.05, 0.1) is 0 Å². The van der Waals surface area contributed by atoms with Crippen molar-refractivity contribution >= 4 is 6.29 Å². The van der Waals surface area contributed by atoms with E-state index >= 15 is 0 Å². The fourth-order valence-corrected chi connectivity index (χ4v) is 3.73. The number of H-pyrrole nitrogens is 1. The Morgan fingerprint density at radius 1 is 1.00 bits per heavy atom. The number of aryl methyl sites for hydroxylation is 2. The molecule has 0 amide bonds. The van der Waals surface area contributed by atoms with E-state index in [4.69, 9.17) is 0 Å². The number of hydrogen-bond acceptors (Lipinski definition) is 6. The first-order chi connectivity index (χ1) is 15.2. The number of tetrazole rings is 1. The van der Waals surface area contributed by atoms with Gasteiger partial charge in [-0.05, 0) is 41.7 Å². The summed E-state index contributed by atoms with van der Waals surface area (Å²) < 4.78 is 0. The lowest BCUT2D eigenvalue weighted by atomic mass is 9.95. The first kappa shape index (κ1) is 20.5. The molecule has 0 fully saturated rings. The lowest BCUT2D eigenvalue weighted by Gasteiger charge is -2.13. The quantitative estimate of drug-likeness (QED) is 0.431. The number of unbranched alkanes of at least 4 members (excludes halogenated alkanes) is 1. The van der Waals surface area contributed by atoms with Crippen LogP contribution in [0.4, 0.5) is 0 Å². The van der Waals surface area contributed by atoms with E-state index in [0.717, 1.165) is 59.1 Å². The number of aromatic amines is 1. The Bertz CT molecular complexity index is 1170. The first-order valence-corrected chi connectivity index (χ1v) is 10.4. The highest BCUT2D eigenvalue weighted by Gasteiger charge is 2.14. The first-order valence-electron chi connectivity index (χ1n) is 10.4. The number of nitrogens with one attached hydrogen (secondary N) is 1. The van der Waals surface area contributed by atoms with Crippen LogP contribution in [0.5, 0.6) is 0 Å². The van der Waals surface area contributed by atoms with E-state index in [1.807, 2.05) is 31.2 Å². The number of rotatable bonds is 8. The Morgan fingerprint density at radius 3 is 2.45 bits per heavy atom. The van der Waals surface area contributed by atoms with Gasteiger partial charge in [-0.2, -0.15) is 5.21 Å². The summed E-state index contributed by atoms with van der Waals surface area (Å²) in [6, 6.07) is 16.3. The van der Waals surface area contributed by atoms with Crippen molar-refractivity contribution in [2.24, 2.45) is 0 Å². The molecule has 0 aliphatic heterocycles. The number of aromatic nitrogens is 6. The Kier molecular flexibility index (Phi) is 6.21. The number of aldehydes is 1. The standard InChI is InChI=1S/C24H24N6O/c1-3-4-9-22-21(23(15-31)26-16(2)25-22)14-17-10-12-18(13-11-17)19-7-5-6-8-20(19)24-27-29-30-28-24/h5-8,10-13,15H,3-4,9,14H2,1-2H3,(H,27,28,29,30). The maximum Gasteiger partial charge on any atom is 0.205 e. The van der Waals surface area contributed by atoms with Gasteiger partial charge < -0.3 is 0 Å². The molecule has 1 N–H and O–H groups in total. The van der Waals surface area contributed by atoms with Crippen LogP contribution in [0.1, 0.15) is 52.9 Å². The molecule has 0 radical (unpaired) electrons. The second kappa shape index (κ2) is 9.38. The van der Waals surface area contributed by atoms with E-state index < -0.39 is 0 Å². The van der Waals surface area contributed by atoms with Crippen LogP contribution in [-0.2, 0) is 12.8 Å². The third-order valence-electron chi connectivity index (χ3n) is 5.27. The van der Waals surface area contributed by atoms with E-state index in [1.54, 1.807) is 0 Å². The van der Waals surface area contributed by atoms with Crippen molar-refractivity contribution in [1.29, 1.82) is 0 Å². The van der Waals surface area contributed by atoms with E-state index in [1.165, 1.54) is 0 Å². The second-order valence-corrected chi connectivity index (χ2v) is 7.46. The monoisotopic (exact) mass is 412 g/mol. The van der Waals surface area contributed by atoms with Gasteiger partial charge in [0.15, 0.2) is 6.29 Å². The van der Waals surface area contributed by atoms with E-state index in [0.29, 0.717) is 23.8 Å². The smallest absolute Gasteiger partial charge is 0.205 e. The molecule has 156 valence electrons. The number of carbonyl (C=O) groups excluding carboxylic acids is 1. The molecule has 2 aromatic carbocycles. The Morgan fingerprint density at radius 2 is 1.77 bits per heavy atom. The molecule has 0 aliphatic rings. The minimum absolute atomic E-state index is 0.491. The van der Waals surface area contributed by atoms with Crippen LogP contribution in [0.15, 0.2) is 48.5 Å². The molecule has 31 heavy (non-hydrogen) atoms. The second-order valence-electron chi connectivity index (χ2n) is 7.46. The van der Waals surface area contributed by atoms with Crippen LogP contribution >= 0.6 is 0 Å². The van der Waals surface area contributed by atoms with Gasteiger partial charge in [0.1, 0.15) is 11.5 Å². The Labute approximate surface area is 181 Å². The van der Waals surface area contributed by atoms with Crippen LogP contribution in [0.2, 0.25) is 0 Å². The molecule has 2 aromatic heterocycles. The van der Waals surface area contributed by atoms with Gasteiger partial charge in [0, 0.05) is 23.2 Å². The predicted molar refractivity (Wildman–Crippen MR) is 119 cm³/mol. The summed E-state index contributed by atoms with van der Waals surface area (Å²) in [6.45, 7) is 3.99. The third-order valence-corrected chi connectivity index (χ3v) is 5.27. The topological polar surface area (TPSA) is 97.3 Å². The van der Waals surface area contributed by atoms with E-state index in [2.05, 4.69) is 61.8 Å².